The number of carbonyl (C=O) groups is 1. The van der Waals surface area contributed by atoms with Crippen LogP contribution in [-0.2, 0) is 15.6 Å². The largest absolute Gasteiger partial charge is 0.478 e. The molecule has 0 unspecified atom stereocenters. The van der Waals surface area contributed by atoms with Crippen molar-refractivity contribution in [1.29, 1.82) is 0 Å². The summed E-state index contributed by atoms with van der Waals surface area (Å²) in [5.41, 5.74) is 0.383. The van der Waals surface area contributed by atoms with Gasteiger partial charge in [-0.15, -0.1) is 0 Å². The minimum atomic E-state index is -3.84. The maximum atomic E-state index is 13.1. The predicted molar refractivity (Wildman–Crippen MR) is 70.6 cm³/mol. The number of halogens is 2. The normalized spacial score (nSPS) is 11.3. The molecule has 110 valence electrons. The first-order valence-electron chi connectivity index (χ1n) is 5.79. The summed E-state index contributed by atoms with van der Waals surface area (Å²) in [6.07, 6.45) is 0. The first kappa shape index (κ1) is 15.1. The molecule has 0 heterocycles. The minimum absolute atomic E-state index is 0.0315. The lowest BCUT2D eigenvalue weighted by Crippen LogP contribution is -2.06. The topological polar surface area (TPSA) is 71.4 Å². The van der Waals surface area contributed by atoms with E-state index in [0.717, 1.165) is 12.1 Å². The summed E-state index contributed by atoms with van der Waals surface area (Å²) in [6.45, 7) is 0. The van der Waals surface area contributed by atoms with Gasteiger partial charge in [0.05, 0.1) is 16.2 Å². The highest BCUT2D eigenvalue weighted by Gasteiger charge is 2.17. The summed E-state index contributed by atoms with van der Waals surface area (Å²) in [5.74, 6) is -3.92. The Labute approximate surface area is 119 Å². The van der Waals surface area contributed by atoms with Crippen LogP contribution in [0.3, 0.4) is 0 Å². The number of hydrogen-bond donors (Lipinski definition) is 1. The molecule has 0 spiro atoms. The molecule has 0 aliphatic rings. The predicted octanol–water partition coefficient (Wildman–Crippen LogP) is 2.64. The van der Waals surface area contributed by atoms with Gasteiger partial charge < -0.3 is 5.11 Å². The molecule has 0 bridgehead atoms. The number of sulfone groups is 1. The fourth-order valence-corrected chi connectivity index (χ4v) is 3.07. The van der Waals surface area contributed by atoms with Crippen LogP contribution >= 0.6 is 0 Å². The maximum absolute atomic E-state index is 13.1. The van der Waals surface area contributed by atoms with E-state index in [4.69, 9.17) is 5.11 Å². The van der Waals surface area contributed by atoms with Crippen molar-refractivity contribution in [2.45, 2.75) is 10.6 Å². The van der Waals surface area contributed by atoms with Crippen LogP contribution in [0.5, 0.6) is 0 Å². The molecule has 1 N–H and O–H groups in total. The fourth-order valence-electron chi connectivity index (χ4n) is 1.72. The molecule has 2 aromatic rings. The summed E-state index contributed by atoms with van der Waals surface area (Å²) in [7, 11) is -3.84. The van der Waals surface area contributed by atoms with Crippen molar-refractivity contribution < 1.29 is 27.1 Å². The van der Waals surface area contributed by atoms with E-state index < -0.39 is 33.2 Å². The molecule has 0 fully saturated rings. The van der Waals surface area contributed by atoms with E-state index in [1.54, 1.807) is 0 Å². The summed E-state index contributed by atoms with van der Waals surface area (Å²) >= 11 is 0. The average molecular weight is 312 g/mol. The molecule has 4 nitrogen and oxygen atoms in total. The van der Waals surface area contributed by atoms with Crippen molar-refractivity contribution in [1.82, 2.24) is 0 Å². The van der Waals surface area contributed by atoms with Gasteiger partial charge in [-0.2, -0.15) is 0 Å². The molecule has 21 heavy (non-hydrogen) atoms. The fraction of sp³-hybridized carbons (Fsp3) is 0.0714. The molecule has 0 atom stereocenters. The van der Waals surface area contributed by atoms with E-state index in [1.165, 1.54) is 24.3 Å². The number of rotatable bonds is 4. The van der Waals surface area contributed by atoms with Crippen LogP contribution in [0.1, 0.15) is 15.9 Å². The molecule has 0 amide bonds. The highest BCUT2D eigenvalue weighted by atomic mass is 32.2. The van der Waals surface area contributed by atoms with Gasteiger partial charge in [-0.25, -0.2) is 22.0 Å². The monoisotopic (exact) mass is 312 g/mol. The Morgan fingerprint density at radius 3 is 2.14 bits per heavy atom. The van der Waals surface area contributed by atoms with Gasteiger partial charge in [0.25, 0.3) is 0 Å². The van der Waals surface area contributed by atoms with Gasteiger partial charge in [-0.05, 0) is 35.9 Å². The van der Waals surface area contributed by atoms with E-state index in [0.29, 0.717) is 11.6 Å². The van der Waals surface area contributed by atoms with Crippen molar-refractivity contribution in [2.24, 2.45) is 0 Å². The van der Waals surface area contributed by atoms with Crippen LogP contribution in [-0.4, -0.2) is 19.5 Å². The average Bonchev–Trinajstić information content (AvgIpc) is 2.42. The zero-order valence-corrected chi connectivity index (χ0v) is 11.4. The standard InChI is InChI=1S/C14H10F2O4S/c15-12-6-5-11(7-13(12)16)21(19,20)8-9-1-3-10(4-2-9)14(17)18/h1-7H,8H2,(H,17,18). The van der Waals surface area contributed by atoms with Crippen LogP contribution in [0.2, 0.25) is 0 Å². The Hall–Kier alpha value is -2.28. The van der Waals surface area contributed by atoms with Crippen molar-refractivity contribution in [3.8, 4) is 0 Å². The van der Waals surface area contributed by atoms with E-state index in [-0.39, 0.29) is 10.5 Å². The highest BCUT2D eigenvalue weighted by molar-refractivity contribution is 7.90. The first-order chi connectivity index (χ1) is 9.79. The van der Waals surface area contributed by atoms with Crippen LogP contribution in [0.25, 0.3) is 0 Å². The Bertz CT molecular complexity index is 783. The Kier molecular flexibility index (Phi) is 4.04. The third-order valence-electron chi connectivity index (χ3n) is 2.81. The molecule has 0 aliphatic heterocycles. The number of carboxylic acid groups (broad SMARTS) is 1. The lowest BCUT2D eigenvalue weighted by molar-refractivity contribution is 0.0697. The minimum Gasteiger partial charge on any atom is -0.478 e. The van der Waals surface area contributed by atoms with Crippen LogP contribution in [0.15, 0.2) is 47.4 Å². The third-order valence-corrected chi connectivity index (χ3v) is 4.49. The maximum Gasteiger partial charge on any atom is 0.335 e. The number of hydrogen-bond acceptors (Lipinski definition) is 3. The van der Waals surface area contributed by atoms with Crippen LogP contribution < -0.4 is 0 Å². The van der Waals surface area contributed by atoms with E-state index in [1.807, 2.05) is 0 Å². The molecule has 2 aromatic carbocycles. The zero-order chi connectivity index (χ0) is 15.6. The zero-order valence-electron chi connectivity index (χ0n) is 10.6. The summed E-state index contributed by atoms with van der Waals surface area (Å²) in [4.78, 5) is 10.4. The van der Waals surface area contributed by atoms with Crippen LogP contribution in [0.4, 0.5) is 8.78 Å². The van der Waals surface area contributed by atoms with Gasteiger partial charge in [0, 0.05) is 0 Å². The van der Waals surface area contributed by atoms with Gasteiger partial charge in [-0.1, -0.05) is 12.1 Å². The van der Waals surface area contributed by atoms with Crippen LogP contribution in [0, 0.1) is 11.6 Å². The Balaban J connectivity index is 2.28. The van der Waals surface area contributed by atoms with Gasteiger partial charge in [0.15, 0.2) is 21.5 Å². The molecule has 0 saturated heterocycles. The second-order valence-electron chi connectivity index (χ2n) is 4.34. The van der Waals surface area contributed by atoms with Gasteiger partial charge in [-0.3, -0.25) is 0 Å². The van der Waals surface area contributed by atoms with Crippen molar-refractivity contribution >= 4 is 15.8 Å². The number of benzene rings is 2. The van der Waals surface area contributed by atoms with E-state index in [9.17, 15) is 22.0 Å². The van der Waals surface area contributed by atoms with Gasteiger partial charge >= 0.3 is 5.97 Å². The third kappa shape index (κ3) is 3.43. The summed E-state index contributed by atoms with van der Waals surface area (Å²) in [5, 5.41) is 8.75. The summed E-state index contributed by atoms with van der Waals surface area (Å²) < 4.78 is 50.1. The summed E-state index contributed by atoms with van der Waals surface area (Å²) in [6, 6.07) is 7.63. The first-order valence-corrected chi connectivity index (χ1v) is 7.45. The lowest BCUT2D eigenvalue weighted by atomic mass is 10.1. The lowest BCUT2D eigenvalue weighted by Gasteiger charge is -2.05. The van der Waals surface area contributed by atoms with Crippen molar-refractivity contribution in [3.63, 3.8) is 0 Å². The smallest absolute Gasteiger partial charge is 0.335 e. The SMILES string of the molecule is O=C(O)c1ccc(CS(=O)(=O)c2ccc(F)c(F)c2)cc1. The molecular weight excluding hydrogens is 302 g/mol. The van der Waals surface area contributed by atoms with Crippen molar-refractivity contribution in [2.75, 3.05) is 0 Å². The van der Waals surface area contributed by atoms with Crippen molar-refractivity contribution in [3.05, 3.63) is 65.2 Å². The molecule has 2 rings (SSSR count). The Morgan fingerprint density at radius 1 is 1.00 bits per heavy atom. The highest BCUT2D eigenvalue weighted by Crippen LogP contribution is 2.19. The molecule has 7 heteroatoms. The molecular formula is C14H10F2O4S. The second-order valence-corrected chi connectivity index (χ2v) is 6.33. The quantitative estimate of drug-likeness (QED) is 0.881. The molecule has 0 radical (unpaired) electrons. The molecule has 0 aliphatic carbocycles. The molecule has 0 aromatic heterocycles. The van der Waals surface area contributed by atoms with E-state index in [2.05, 4.69) is 0 Å². The van der Waals surface area contributed by atoms with Gasteiger partial charge in [0.2, 0.25) is 0 Å². The number of aromatic carboxylic acids is 1. The Morgan fingerprint density at radius 2 is 1.62 bits per heavy atom. The van der Waals surface area contributed by atoms with Gasteiger partial charge in [0.1, 0.15) is 0 Å². The van der Waals surface area contributed by atoms with E-state index >= 15 is 0 Å². The number of carboxylic acids is 1. The second kappa shape index (κ2) is 5.61. The molecule has 0 saturated carbocycles.